The number of rotatable bonds is 13. The van der Waals surface area contributed by atoms with E-state index in [1.54, 1.807) is 16.8 Å². The van der Waals surface area contributed by atoms with Gasteiger partial charge in [0.1, 0.15) is 11.5 Å². The number of aromatic amines is 2. The number of imidazole rings is 1. The van der Waals surface area contributed by atoms with Crippen LogP contribution in [0.4, 0.5) is 0 Å². The molecular weight excluding hydrogens is 522 g/mol. The van der Waals surface area contributed by atoms with E-state index in [0.717, 1.165) is 63.6 Å². The first-order chi connectivity index (χ1) is 19.4. The third-order valence-corrected chi connectivity index (χ3v) is 7.83. The lowest BCUT2D eigenvalue weighted by Crippen LogP contribution is -2.25. The number of aryl methyl sites for hydroxylation is 2. The number of thiocarbonyl (C=S) groups is 1. The molecule has 3 aromatic heterocycles. The summed E-state index contributed by atoms with van der Waals surface area (Å²) in [6.45, 7) is 4.48. The third kappa shape index (κ3) is 6.91. The van der Waals surface area contributed by atoms with Crippen molar-refractivity contribution in [2.75, 3.05) is 0 Å². The zero-order chi connectivity index (χ0) is 28.1. The lowest BCUT2D eigenvalue weighted by Gasteiger charge is -2.13. The summed E-state index contributed by atoms with van der Waals surface area (Å²) in [4.78, 5) is 30.8. The van der Waals surface area contributed by atoms with Crippen LogP contribution in [0, 0.1) is 5.92 Å². The third-order valence-electron chi connectivity index (χ3n) is 7.50. The Balaban J connectivity index is 1.24. The highest BCUT2D eigenvalue weighted by atomic mass is 32.1. The summed E-state index contributed by atoms with van der Waals surface area (Å²) in [6.07, 6.45) is 12.7. The topological polar surface area (TPSA) is 124 Å². The zero-order valence-electron chi connectivity index (χ0n) is 23.1. The Morgan fingerprint density at radius 2 is 1.95 bits per heavy atom. The fraction of sp³-hybridized carbons (Fsp3) is 0.467. The lowest BCUT2D eigenvalue weighted by molar-refractivity contribution is 0.454. The molecule has 4 aromatic rings. The molecule has 0 amide bonds. The Morgan fingerprint density at radius 3 is 2.62 bits per heavy atom. The first-order valence-corrected chi connectivity index (χ1v) is 14.8. The molecular formula is C30H37N7O2S. The summed E-state index contributed by atoms with van der Waals surface area (Å²) >= 11 is 5.23. The molecule has 2 atom stereocenters. The van der Waals surface area contributed by atoms with E-state index in [1.165, 1.54) is 11.1 Å². The maximum Gasteiger partial charge on any atom is 0.326 e. The Morgan fingerprint density at radius 1 is 1.15 bits per heavy atom. The van der Waals surface area contributed by atoms with Gasteiger partial charge < -0.3 is 10.1 Å². The number of H-pyrrole nitrogens is 2. The Labute approximate surface area is 238 Å². The van der Waals surface area contributed by atoms with Crippen LogP contribution in [0.3, 0.4) is 0 Å². The fourth-order valence-electron chi connectivity index (χ4n) is 4.96. The molecule has 210 valence electrons. The van der Waals surface area contributed by atoms with Crippen molar-refractivity contribution in [1.82, 2.24) is 29.5 Å². The average molecular weight is 560 g/mol. The molecule has 1 fully saturated rings. The van der Waals surface area contributed by atoms with Crippen molar-refractivity contribution in [2.45, 2.75) is 83.6 Å². The van der Waals surface area contributed by atoms with Gasteiger partial charge in [0.2, 0.25) is 11.5 Å². The van der Waals surface area contributed by atoms with E-state index >= 15 is 0 Å². The number of benzene rings is 1. The molecule has 0 spiro atoms. The van der Waals surface area contributed by atoms with E-state index in [9.17, 15) is 9.90 Å². The molecule has 1 aromatic carbocycles. The second-order valence-corrected chi connectivity index (χ2v) is 11.2. The summed E-state index contributed by atoms with van der Waals surface area (Å²) in [7, 11) is 0. The molecule has 2 unspecified atom stereocenters. The maximum absolute atomic E-state index is 11.6. The van der Waals surface area contributed by atoms with Crippen molar-refractivity contribution in [1.29, 1.82) is 0 Å². The van der Waals surface area contributed by atoms with E-state index in [-0.39, 0.29) is 17.6 Å². The Hall–Kier alpha value is -3.66. The van der Waals surface area contributed by atoms with Crippen molar-refractivity contribution < 1.29 is 5.11 Å². The number of hydrogen-bond acceptors (Lipinski definition) is 7. The molecule has 40 heavy (non-hydrogen) atoms. The summed E-state index contributed by atoms with van der Waals surface area (Å²) in [5.41, 5.74) is 3.66. The molecule has 0 radical (unpaired) electrons. The van der Waals surface area contributed by atoms with Gasteiger partial charge in [0.15, 0.2) is 5.65 Å². The van der Waals surface area contributed by atoms with Crippen LogP contribution in [0.1, 0.15) is 87.4 Å². The monoisotopic (exact) mass is 559 g/mol. The highest BCUT2D eigenvalue weighted by Crippen LogP contribution is 2.23. The summed E-state index contributed by atoms with van der Waals surface area (Å²) < 4.78 is 1.64. The number of aromatic hydroxyl groups is 1. The molecule has 3 heterocycles. The van der Waals surface area contributed by atoms with Crippen LogP contribution < -0.4 is 16.5 Å². The Kier molecular flexibility index (Phi) is 8.84. The maximum atomic E-state index is 11.6. The van der Waals surface area contributed by atoms with Crippen LogP contribution in [-0.4, -0.2) is 46.1 Å². The van der Waals surface area contributed by atoms with Gasteiger partial charge >= 0.3 is 5.69 Å². The summed E-state index contributed by atoms with van der Waals surface area (Å²) in [5, 5.41) is 17.0. The standard InChI is InChI=1S/C30H37N7O2S/c1-3-5-22(18-40)21-11-9-20(10-12-21)7-4-6-19(2)8-15-26-34-27-23(16-25-28(38)36-30(39)33-25)17-31-37(27)29(35-26)32-24-13-14-24/h9-12,16-19,22,24,38H,3-8,13-15H2,1-2H3,(H2,33,36,39). The van der Waals surface area contributed by atoms with Gasteiger partial charge in [0.25, 0.3) is 0 Å². The lowest BCUT2D eigenvalue weighted by atomic mass is 9.93. The molecule has 1 aliphatic rings. The highest BCUT2D eigenvalue weighted by molar-refractivity contribution is 7.79. The predicted molar refractivity (Wildman–Crippen MR) is 159 cm³/mol. The van der Waals surface area contributed by atoms with E-state index in [2.05, 4.69) is 53.2 Å². The predicted octanol–water partition coefficient (Wildman–Crippen LogP) is 3.93. The van der Waals surface area contributed by atoms with E-state index in [4.69, 9.17) is 27.2 Å². The first kappa shape index (κ1) is 27.9. The SMILES string of the molecule is CCCC(C=S)c1ccc(CCCC(C)CCc2nc(=NC3CC3)n3ncc(=Cc4[nH]c(=O)[nH]c4O)c3n2)cc1. The van der Waals surface area contributed by atoms with E-state index in [1.807, 2.05) is 5.37 Å². The van der Waals surface area contributed by atoms with Crippen molar-refractivity contribution in [3.8, 4) is 5.88 Å². The molecule has 1 aliphatic carbocycles. The van der Waals surface area contributed by atoms with E-state index < -0.39 is 5.69 Å². The minimum atomic E-state index is -0.474. The van der Waals surface area contributed by atoms with Gasteiger partial charge in [-0.1, -0.05) is 63.2 Å². The highest BCUT2D eigenvalue weighted by Gasteiger charge is 2.21. The molecule has 1 saturated carbocycles. The van der Waals surface area contributed by atoms with Crippen LogP contribution in [-0.2, 0) is 12.8 Å². The first-order valence-electron chi connectivity index (χ1n) is 14.3. The fourth-order valence-corrected chi connectivity index (χ4v) is 5.26. The molecule has 0 saturated heterocycles. The minimum absolute atomic E-state index is 0.220. The van der Waals surface area contributed by atoms with Crippen molar-refractivity contribution in [3.63, 3.8) is 0 Å². The summed E-state index contributed by atoms with van der Waals surface area (Å²) in [6, 6.07) is 9.25. The van der Waals surface area contributed by atoms with Gasteiger partial charge in [-0.05, 0) is 67.0 Å². The van der Waals surface area contributed by atoms with Crippen LogP contribution in [0.5, 0.6) is 5.88 Å². The van der Waals surface area contributed by atoms with Gasteiger partial charge in [-0.3, -0.25) is 4.98 Å². The van der Waals surface area contributed by atoms with Crippen molar-refractivity contribution in [2.24, 2.45) is 10.9 Å². The van der Waals surface area contributed by atoms with Gasteiger partial charge in [-0.25, -0.2) is 14.8 Å². The largest absolute Gasteiger partial charge is 0.493 e. The van der Waals surface area contributed by atoms with Crippen LogP contribution in [0.2, 0.25) is 0 Å². The number of nitrogens with zero attached hydrogens (tertiary/aromatic N) is 5. The normalized spacial score (nSPS) is 16.1. The van der Waals surface area contributed by atoms with Crippen LogP contribution >= 0.6 is 12.2 Å². The van der Waals surface area contributed by atoms with Gasteiger partial charge in [-0.2, -0.15) is 14.6 Å². The number of hydrogen-bond donors (Lipinski definition) is 3. The summed E-state index contributed by atoms with van der Waals surface area (Å²) in [5.74, 6) is 1.41. The van der Waals surface area contributed by atoms with E-state index in [0.29, 0.717) is 28.3 Å². The second-order valence-electron chi connectivity index (χ2n) is 10.9. The second kappa shape index (κ2) is 12.7. The number of aromatic nitrogens is 6. The van der Waals surface area contributed by atoms with Crippen molar-refractivity contribution in [3.05, 3.63) is 74.4 Å². The average Bonchev–Trinajstić information content (AvgIpc) is 3.58. The van der Waals surface area contributed by atoms with Gasteiger partial charge in [0.05, 0.1) is 12.2 Å². The zero-order valence-corrected chi connectivity index (χ0v) is 24.0. The van der Waals surface area contributed by atoms with Gasteiger partial charge in [0, 0.05) is 17.6 Å². The molecule has 0 aliphatic heterocycles. The number of nitrogens with one attached hydrogen (secondary N) is 2. The molecule has 9 nitrogen and oxygen atoms in total. The minimum Gasteiger partial charge on any atom is -0.493 e. The van der Waals surface area contributed by atoms with Crippen LogP contribution in [0.15, 0.2) is 40.2 Å². The van der Waals surface area contributed by atoms with Crippen LogP contribution in [0.25, 0.3) is 11.7 Å². The Bertz CT molecular complexity index is 1630. The van der Waals surface area contributed by atoms with Crippen molar-refractivity contribution >= 4 is 29.3 Å². The smallest absolute Gasteiger partial charge is 0.326 e. The number of fused-ring (bicyclic) bond motifs is 1. The molecule has 3 N–H and O–H groups in total. The quantitative estimate of drug-likeness (QED) is 0.213. The molecule has 10 heteroatoms. The molecule has 5 rings (SSSR count). The van der Waals surface area contributed by atoms with Gasteiger partial charge in [-0.15, -0.1) is 0 Å². The molecule has 0 bridgehead atoms.